The van der Waals surface area contributed by atoms with Crippen LogP contribution < -0.4 is 11.1 Å². The molecule has 0 heterocycles. The lowest BCUT2D eigenvalue weighted by Crippen LogP contribution is -2.38. The summed E-state index contributed by atoms with van der Waals surface area (Å²) >= 11 is 0. The van der Waals surface area contributed by atoms with Gasteiger partial charge in [0.2, 0.25) is 5.91 Å². The Bertz CT molecular complexity index is 233. The minimum Gasteiger partial charge on any atom is -0.358 e. The lowest BCUT2D eigenvalue weighted by molar-refractivity contribution is -0.121. The first-order valence-electron chi connectivity index (χ1n) is 3.90. The summed E-state index contributed by atoms with van der Waals surface area (Å²) in [5.41, 5.74) is 6.37. The van der Waals surface area contributed by atoms with Crippen LogP contribution in [0.4, 0.5) is 0 Å². The number of nitrogens with two attached hydrogens (primary N) is 1. The van der Waals surface area contributed by atoms with Crippen molar-refractivity contribution in [3.8, 4) is 0 Å². The highest BCUT2D eigenvalue weighted by molar-refractivity contribution is 5.81. The molecule has 0 radical (unpaired) electrons. The third kappa shape index (κ3) is 4.22. The second-order valence-electron chi connectivity index (χ2n) is 2.52. The van der Waals surface area contributed by atoms with Gasteiger partial charge in [-0.3, -0.25) is 9.79 Å². The average molecular weight is 181 g/mol. The van der Waals surface area contributed by atoms with Crippen LogP contribution in [0.1, 0.15) is 6.42 Å². The molecule has 13 heavy (non-hydrogen) atoms. The zero-order valence-electron chi connectivity index (χ0n) is 7.79. The summed E-state index contributed by atoms with van der Waals surface area (Å²) in [5, 5.41) is 2.46. The molecule has 1 atom stereocenters. The Kier molecular flexibility index (Phi) is 5.47. The van der Waals surface area contributed by atoms with Crippen LogP contribution in [0.25, 0.3) is 0 Å². The Balaban J connectivity index is 4.24. The number of allylic oxidation sites excluding steroid dienone is 1. The number of hydrogen-bond acceptors (Lipinski definition) is 3. The summed E-state index contributed by atoms with van der Waals surface area (Å²) in [4.78, 5) is 14.6. The van der Waals surface area contributed by atoms with Crippen LogP contribution >= 0.6 is 0 Å². The van der Waals surface area contributed by atoms with Gasteiger partial charge in [0.15, 0.2) is 0 Å². The number of rotatable bonds is 5. The minimum atomic E-state index is -0.559. The first kappa shape index (κ1) is 11.6. The van der Waals surface area contributed by atoms with Gasteiger partial charge in [-0.2, -0.15) is 0 Å². The SMILES string of the molecule is C=C/C(=C\N=C)CC(N)C(=O)NC. The Labute approximate surface area is 78.2 Å². The number of amides is 1. The van der Waals surface area contributed by atoms with Gasteiger partial charge in [-0.05, 0) is 18.7 Å². The molecule has 1 unspecified atom stereocenters. The number of nitrogens with zero attached hydrogens (tertiary/aromatic N) is 1. The molecule has 0 aromatic rings. The van der Waals surface area contributed by atoms with Crippen molar-refractivity contribution in [2.45, 2.75) is 12.5 Å². The van der Waals surface area contributed by atoms with E-state index in [1.807, 2.05) is 0 Å². The Hall–Kier alpha value is -1.42. The van der Waals surface area contributed by atoms with Crippen molar-refractivity contribution in [2.24, 2.45) is 10.7 Å². The molecular formula is C9H15N3O. The fraction of sp³-hybridized carbons (Fsp3) is 0.333. The lowest BCUT2D eigenvalue weighted by Gasteiger charge is -2.09. The lowest BCUT2D eigenvalue weighted by atomic mass is 10.1. The van der Waals surface area contributed by atoms with Gasteiger partial charge in [-0.1, -0.05) is 12.7 Å². The number of likely N-dealkylation sites (N-methyl/N-ethyl adjacent to an activating group) is 1. The third-order valence-corrected chi connectivity index (χ3v) is 1.56. The summed E-state index contributed by atoms with van der Waals surface area (Å²) in [5.74, 6) is -0.197. The molecular weight excluding hydrogens is 166 g/mol. The Morgan fingerprint density at radius 1 is 1.77 bits per heavy atom. The summed E-state index contributed by atoms with van der Waals surface area (Å²) in [6.45, 7) is 6.88. The highest BCUT2D eigenvalue weighted by Crippen LogP contribution is 2.05. The molecule has 0 spiro atoms. The second-order valence-corrected chi connectivity index (χ2v) is 2.52. The van der Waals surface area contributed by atoms with E-state index in [-0.39, 0.29) is 5.91 Å². The smallest absolute Gasteiger partial charge is 0.237 e. The van der Waals surface area contributed by atoms with Crippen molar-refractivity contribution in [3.05, 3.63) is 24.4 Å². The molecule has 0 saturated carbocycles. The maximum absolute atomic E-state index is 11.0. The number of aliphatic imine (C=N–C) groups is 1. The van der Waals surface area contributed by atoms with Crippen molar-refractivity contribution >= 4 is 12.6 Å². The van der Waals surface area contributed by atoms with E-state index in [0.29, 0.717) is 6.42 Å². The zero-order valence-corrected chi connectivity index (χ0v) is 7.79. The monoisotopic (exact) mass is 181 g/mol. The number of hydrogen-bond donors (Lipinski definition) is 2. The predicted molar refractivity (Wildman–Crippen MR) is 54.5 cm³/mol. The van der Waals surface area contributed by atoms with Crippen LogP contribution in [0.15, 0.2) is 29.4 Å². The molecule has 0 aromatic carbocycles. The molecule has 4 nitrogen and oxygen atoms in total. The maximum atomic E-state index is 11.0. The highest BCUT2D eigenvalue weighted by atomic mass is 16.2. The summed E-state index contributed by atoms with van der Waals surface area (Å²) in [6.07, 6.45) is 3.56. The predicted octanol–water partition coefficient (Wildman–Crippen LogP) is 0.220. The molecule has 0 aliphatic carbocycles. The standard InChI is InChI=1S/C9H15N3O/c1-4-7(6-11-2)5-8(10)9(13)12-3/h4,6,8H,1-2,5,10H2,3H3,(H,12,13)/b7-6+. The molecule has 0 bridgehead atoms. The third-order valence-electron chi connectivity index (χ3n) is 1.56. The van der Waals surface area contributed by atoms with Gasteiger partial charge in [0, 0.05) is 13.2 Å². The van der Waals surface area contributed by atoms with Crippen LogP contribution in [0.2, 0.25) is 0 Å². The van der Waals surface area contributed by atoms with Gasteiger partial charge in [-0.25, -0.2) is 0 Å². The van der Waals surface area contributed by atoms with Gasteiger partial charge in [-0.15, -0.1) is 0 Å². The molecule has 4 heteroatoms. The highest BCUT2D eigenvalue weighted by Gasteiger charge is 2.11. The fourth-order valence-corrected chi connectivity index (χ4v) is 0.838. The van der Waals surface area contributed by atoms with E-state index in [1.165, 1.54) is 6.20 Å². The number of carbonyl (C=O) groups is 1. The van der Waals surface area contributed by atoms with Gasteiger partial charge < -0.3 is 11.1 Å². The fourth-order valence-electron chi connectivity index (χ4n) is 0.838. The van der Waals surface area contributed by atoms with Gasteiger partial charge in [0.1, 0.15) is 0 Å². The van der Waals surface area contributed by atoms with E-state index in [9.17, 15) is 4.79 Å². The summed E-state index contributed by atoms with van der Waals surface area (Å²) < 4.78 is 0. The zero-order chi connectivity index (χ0) is 10.3. The topological polar surface area (TPSA) is 67.5 Å². The van der Waals surface area contributed by atoms with E-state index < -0.39 is 6.04 Å². The quantitative estimate of drug-likeness (QED) is 0.470. The largest absolute Gasteiger partial charge is 0.358 e. The van der Waals surface area contributed by atoms with Gasteiger partial charge in [0.25, 0.3) is 0 Å². The molecule has 0 aliphatic heterocycles. The van der Waals surface area contributed by atoms with Gasteiger partial charge in [0.05, 0.1) is 6.04 Å². The molecule has 1 amide bonds. The van der Waals surface area contributed by atoms with Crippen molar-refractivity contribution in [2.75, 3.05) is 7.05 Å². The van der Waals surface area contributed by atoms with Crippen molar-refractivity contribution in [1.29, 1.82) is 0 Å². The van der Waals surface area contributed by atoms with E-state index in [0.717, 1.165) is 5.57 Å². The molecule has 0 rings (SSSR count). The molecule has 72 valence electrons. The van der Waals surface area contributed by atoms with Crippen LogP contribution in [0.3, 0.4) is 0 Å². The number of carbonyl (C=O) groups excluding carboxylic acids is 1. The second kappa shape index (κ2) is 6.14. The van der Waals surface area contributed by atoms with Crippen molar-refractivity contribution < 1.29 is 4.79 Å². The maximum Gasteiger partial charge on any atom is 0.237 e. The molecule has 0 saturated heterocycles. The van der Waals surface area contributed by atoms with Crippen LogP contribution in [0.5, 0.6) is 0 Å². The summed E-state index contributed by atoms with van der Waals surface area (Å²) in [7, 11) is 1.55. The summed E-state index contributed by atoms with van der Waals surface area (Å²) in [6, 6.07) is -0.559. The van der Waals surface area contributed by atoms with Crippen LogP contribution in [0, 0.1) is 0 Å². The first-order chi connectivity index (χ1) is 6.15. The molecule has 0 aromatic heterocycles. The Morgan fingerprint density at radius 2 is 2.38 bits per heavy atom. The average Bonchev–Trinajstić information content (AvgIpc) is 2.15. The number of nitrogens with one attached hydrogen (secondary N) is 1. The van der Waals surface area contributed by atoms with E-state index >= 15 is 0 Å². The Morgan fingerprint density at radius 3 is 2.77 bits per heavy atom. The molecule has 0 fully saturated rings. The minimum absolute atomic E-state index is 0.197. The first-order valence-corrected chi connectivity index (χ1v) is 3.90. The molecule has 3 N–H and O–H groups in total. The normalized spacial score (nSPS) is 13.2. The molecule has 0 aliphatic rings. The van der Waals surface area contributed by atoms with E-state index in [1.54, 1.807) is 13.1 Å². The van der Waals surface area contributed by atoms with Crippen LogP contribution in [-0.4, -0.2) is 25.7 Å². The van der Waals surface area contributed by atoms with E-state index in [2.05, 4.69) is 23.6 Å². The van der Waals surface area contributed by atoms with Crippen LogP contribution in [-0.2, 0) is 4.79 Å². The van der Waals surface area contributed by atoms with Crippen molar-refractivity contribution in [3.63, 3.8) is 0 Å². The van der Waals surface area contributed by atoms with E-state index in [4.69, 9.17) is 5.73 Å². The van der Waals surface area contributed by atoms with Crippen molar-refractivity contribution in [1.82, 2.24) is 5.32 Å². The van der Waals surface area contributed by atoms with Gasteiger partial charge >= 0.3 is 0 Å².